The van der Waals surface area contributed by atoms with Crippen molar-refractivity contribution < 1.29 is 19.1 Å². The molecule has 8 heteroatoms. The van der Waals surface area contributed by atoms with Gasteiger partial charge < -0.3 is 14.4 Å². The molecule has 164 valence electrons. The van der Waals surface area contributed by atoms with E-state index in [1.165, 1.54) is 14.2 Å². The minimum atomic E-state index is -0.996. The number of ether oxygens (including phenoxy) is 2. The molecule has 2 aliphatic heterocycles. The average molecular weight is 425 g/mol. The smallest absolute Gasteiger partial charge is 0.315 e. The SMILES string of the molecule is COC(=O)C12CN(C)CC(C(=O)OC)(C1)C(c1ccccn1)N(C)C2c1ccccn1. The molecule has 31 heavy (non-hydrogen) atoms. The van der Waals surface area contributed by atoms with E-state index in [1.807, 2.05) is 55.4 Å². The Morgan fingerprint density at radius 2 is 1.32 bits per heavy atom. The Morgan fingerprint density at radius 1 is 0.871 bits per heavy atom. The van der Waals surface area contributed by atoms with Crippen molar-refractivity contribution in [2.75, 3.05) is 41.4 Å². The number of piperidine rings is 2. The van der Waals surface area contributed by atoms with E-state index in [4.69, 9.17) is 9.47 Å². The molecule has 2 fully saturated rings. The Hall–Kier alpha value is -2.84. The number of carbonyl (C=O) groups is 2. The Morgan fingerprint density at radius 3 is 1.68 bits per heavy atom. The molecule has 0 saturated carbocycles. The van der Waals surface area contributed by atoms with E-state index in [-0.39, 0.29) is 18.4 Å². The Bertz CT molecular complexity index is 881. The van der Waals surface area contributed by atoms with Crippen molar-refractivity contribution >= 4 is 11.9 Å². The molecule has 4 unspecified atom stereocenters. The van der Waals surface area contributed by atoms with Gasteiger partial charge in [-0.1, -0.05) is 12.1 Å². The van der Waals surface area contributed by atoms with Gasteiger partial charge in [0.1, 0.15) is 10.8 Å². The molecule has 2 saturated heterocycles. The van der Waals surface area contributed by atoms with Crippen molar-refractivity contribution in [1.29, 1.82) is 0 Å². The molecule has 0 aliphatic carbocycles. The molecular weight excluding hydrogens is 396 g/mol. The monoisotopic (exact) mass is 424 g/mol. The van der Waals surface area contributed by atoms with Gasteiger partial charge in [0, 0.05) is 25.5 Å². The van der Waals surface area contributed by atoms with Crippen LogP contribution in [0.3, 0.4) is 0 Å². The molecular formula is C23H28N4O4. The van der Waals surface area contributed by atoms with Crippen LogP contribution in [-0.2, 0) is 19.1 Å². The highest BCUT2D eigenvalue weighted by Gasteiger charge is 2.68. The molecule has 4 heterocycles. The topological polar surface area (TPSA) is 84.9 Å². The number of fused-ring (bicyclic) bond motifs is 2. The first-order valence-electron chi connectivity index (χ1n) is 10.3. The van der Waals surface area contributed by atoms with Gasteiger partial charge in [0.05, 0.1) is 37.7 Å². The fraction of sp³-hybridized carbons (Fsp3) is 0.478. The van der Waals surface area contributed by atoms with Gasteiger partial charge in [0.25, 0.3) is 0 Å². The fourth-order valence-electron chi connectivity index (χ4n) is 5.95. The quantitative estimate of drug-likeness (QED) is 0.688. The highest BCUT2D eigenvalue weighted by atomic mass is 16.5. The van der Waals surface area contributed by atoms with E-state index in [0.29, 0.717) is 13.1 Å². The van der Waals surface area contributed by atoms with E-state index in [1.54, 1.807) is 12.4 Å². The molecule has 0 spiro atoms. The molecule has 2 aromatic rings. The first-order valence-corrected chi connectivity index (χ1v) is 10.3. The van der Waals surface area contributed by atoms with Gasteiger partial charge in [0.15, 0.2) is 0 Å². The maximum Gasteiger partial charge on any atom is 0.315 e. The standard InChI is InChI=1S/C23H28N4O4/c1-26-14-22(20(28)30-3)13-23(15-26,21(29)31-4)19(17-10-6-8-12-25-17)27(2)18(22)16-9-5-7-11-24-16/h5-12,18-19H,13-15H2,1-4H3. The van der Waals surface area contributed by atoms with Gasteiger partial charge in [-0.15, -0.1) is 0 Å². The van der Waals surface area contributed by atoms with Crippen LogP contribution in [-0.4, -0.2) is 73.1 Å². The van der Waals surface area contributed by atoms with Gasteiger partial charge in [-0.2, -0.15) is 0 Å². The minimum Gasteiger partial charge on any atom is -0.468 e. The Balaban J connectivity index is 1.99. The van der Waals surface area contributed by atoms with Crippen molar-refractivity contribution in [1.82, 2.24) is 19.8 Å². The second kappa shape index (κ2) is 8.01. The number of methoxy groups -OCH3 is 2. The summed E-state index contributed by atoms with van der Waals surface area (Å²) >= 11 is 0. The molecule has 8 nitrogen and oxygen atoms in total. The lowest BCUT2D eigenvalue weighted by atomic mass is 9.55. The van der Waals surface area contributed by atoms with Crippen LogP contribution in [0.15, 0.2) is 48.8 Å². The number of hydrogen-bond acceptors (Lipinski definition) is 8. The van der Waals surface area contributed by atoms with Crippen LogP contribution < -0.4 is 0 Å². The number of nitrogens with zero attached hydrogens (tertiary/aromatic N) is 4. The van der Waals surface area contributed by atoms with Crippen molar-refractivity contribution in [2.24, 2.45) is 10.8 Å². The largest absolute Gasteiger partial charge is 0.468 e. The first-order chi connectivity index (χ1) is 14.9. The zero-order valence-corrected chi connectivity index (χ0v) is 18.3. The summed E-state index contributed by atoms with van der Waals surface area (Å²) in [5.74, 6) is -0.705. The number of carbonyl (C=O) groups excluding carboxylic acids is 2. The number of rotatable bonds is 4. The maximum atomic E-state index is 13.4. The van der Waals surface area contributed by atoms with E-state index in [0.717, 1.165) is 11.4 Å². The van der Waals surface area contributed by atoms with Gasteiger partial charge in [-0.3, -0.25) is 24.5 Å². The van der Waals surface area contributed by atoms with Crippen molar-refractivity contribution in [2.45, 2.75) is 18.5 Å². The Kier molecular flexibility index (Phi) is 5.53. The number of aromatic nitrogens is 2. The van der Waals surface area contributed by atoms with Crippen LogP contribution in [0.1, 0.15) is 29.9 Å². The first kappa shape index (κ1) is 21.4. The number of likely N-dealkylation sites (tertiary alicyclic amines) is 2. The van der Waals surface area contributed by atoms with Gasteiger partial charge in [0.2, 0.25) is 0 Å². The normalized spacial score (nSPS) is 31.1. The van der Waals surface area contributed by atoms with E-state index in [9.17, 15) is 9.59 Å². The van der Waals surface area contributed by atoms with Gasteiger partial charge in [-0.05, 0) is 44.8 Å². The van der Waals surface area contributed by atoms with E-state index in [2.05, 4.69) is 14.9 Å². The van der Waals surface area contributed by atoms with Gasteiger partial charge in [-0.25, -0.2) is 0 Å². The van der Waals surface area contributed by atoms with E-state index < -0.39 is 22.9 Å². The zero-order valence-electron chi connectivity index (χ0n) is 18.3. The summed E-state index contributed by atoms with van der Waals surface area (Å²) in [6.07, 6.45) is 3.73. The fourth-order valence-corrected chi connectivity index (χ4v) is 5.95. The second-order valence-corrected chi connectivity index (χ2v) is 8.62. The number of pyridine rings is 2. The van der Waals surface area contributed by atoms with E-state index >= 15 is 0 Å². The summed E-state index contributed by atoms with van der Waals surface area (Å²) in [6.45, 7) is 0.887. The summed E-state index contributed by atoms with van der Waals surface area (Å²) in [4.78, 5) is 40.1. The summed E-state index contributed by atoms with van der Waals surface area (Å²) in [6, 6.07) is 10.5. The summed E-state index contributed by atoms with van der Waals surface area (Å²) < 4.78 is 10.7. The Labute approximate surface area is 182 Å². The minimum absolute atomic E-state index is 0.288. The summed E-state index contributed by atoms with van der Waals surface area (Å²) in [5.41, 5.74) is -0.482. The third kappa shape index (κ3) is 3.21. The molecule has 2 aromatic heterocycles. The summed E-state index contributed by atoms with van der Waals surface area (Å²) in [5, 5.41) is 0. The van der Waals surface area contributed by atoms with Crippen molar-refractivity contribution in [3.8, 4) is 0 Å². The van der Waals surface area contributed by atoms with Crippen LogP contribution >= 0.6 is 0 Å². The predicted molar refractivity (Wildman–Crippen MR) is 113 cm³/mol. The predicted octanol–water partition coefficient (Wildman–Crippen LogP) is 1.86. The lowest BCUT2D eigenvalue weighted by Crippen LogP contribution is -2.69. The van der Waals surface area contributed by atoms with Crippen molar-refractivity contribution in [3.63, 3.8) is 0 Å². The molecule has 2 aliphatic rings. The van der Waals surface area contributed by atoms with Crippen LogP contribution in [0.4, 0.5) is 0 Å². The number of esters is 2. The molecule has 0 aromatic carbocycles. The summed E-state index contributed by atoms with van der Waals surface area (Å²) in [7, 11) is 6.64. The van der Waals surface area contributed by atoms with Crippen LogP contribution in [0, 0.1) is 10.8 Å². The van der Waals surface area contributed by atoms with Crippen molar-refractivity contribution in [3.05, 3.63) is 60.2 Å². The number of hydrogen-bond donors (Lipinski definition) is 0. The van der Waals surface area contributed by atoms with Crippen LogP contribution in [0.25, 0.3) is 0 Å². The third-order valence-corrected chi connectivity index (χ3v) is 6.72. The molecule has 0 radical (unpaired) electrons. The van der Waals surface area contributed by atoms with Gasteiger partial charge >= 0.3 is 11.9 Å². The molecule has 4 atom stereocenters. The van der Waals surface area contributed by atoms with Crippen LogP contribution in [0.2, 0.25) is 0 Å². The molecule has 0 N–H and O–H groups in total. The average Bonchev–Trinajstić information content (AvgIpc) is 2.78. The lowest BCUT2D eigenvalue weighted by Gasteiger charge is -2.61. The lowest BCUT2D eigenvalue weighted by molar-refractivity contribution is -0.205. The molecule has 2 bridgehead atoms. The molecule has 4 rings (SSSR count). The molecule has 0 amide bonds. The zero-order chi connectivity index (χ0) is 22.2. The maximum absolute atomic E-state index is 13.4. The highest BCUT2D eigenvalue weighted by molar-refractivity contribution is 5.84. The second-order valence-electron chi connectivity index (χ2n) is 8.62. The van der Waals surface area contributed by atoms with Crippen LogP contribution in [0.5, 0.6) is 0 Å². The third-order valence-electron chi connectivity index (χ3n) is 6.72. The highest BCUT2D eigenvalue weighted by Crippen LogP contribution is 2.62.